The summed E-state index contributed by atoms with van der Waals surface area (Å²) in [5.41, 5.74) is 5.55. The highest BCUT2D eigenvalue weighted by Gasteiger charge is 2.48. The molecule has 2 nitrogen and oxygen atoms in total. The number of hydrogen-bond acceptors (Lipinski definition) is 4. The van der Waals surface area contributed by atoms with Crippen molar-refractivity contribution in [2.45, 2.75) is 37.8 Å². The highest BCUT2D eigenvalue weighted by molar-refractivity contribution is 9.10. The first-order valence-corrected chi connectivity index (χ1v) is 13.2. The van der Waals surface area contributed by atoms with E-state index in [-0.39, 0.29) is 23.9 Å². The standard InChI is InChI=1S/C22H20Br2N2S2/c1-3-27-21-17-13-7-5-11(23)9-15(13)20(25-21)18-14-8-6-12(24)10-16(14)19(17)26-22(18)28-4-2/h5-10,17-20H,3-4H2,1-2H3/t17-,18+,19-,20+. The molecule has 0 saturated carbocycles. The van der Waals surface area contributed by atoms with Crippen LogP contribution in [0.4, 0.5) is 0 Å². The van der Waals surface area contributed by atoms with E-state index in [4.69, 9.17) is 9.98 Å². The van der Waals surface area contributed by atoms with Gasteiger partial charge in [0, 0.05) is 8.95 Å². The Bertz CT molecular complexity index is 936. The van der Waals surface area contributed by atoms with Gasteiger partial charge in [-0.25, -0.2) is 0 Å². The van der Waals surface area contributed by atoms with E-state index in [0.717, 1.165) is 20.5 Å². The van der Waals surface area contributed by atoms with Crippen molar-refractivity contribution in [2.75, 3.05) is 11.5 Å². The zero-order valence-corrected chi connectivity index (χ0v) is 20.5. The maximum Gasteiger partial charge on any atom is 0.0891 e. The van der Waals surface area contributed by atoms with Crippen LogP contribution >= 0.6 is 55.4 Å². The van der Waals surface area contributed by atoms with E-state index in [1.165, 1.54) is 32.3 Å². The topological polar surface area (TPSA) is 24.7 Å². The van der Waals surface area contributed by atoms with Crippen molar-refractivity contribution in [3.8, 4) is 0 Å². The van der Waals surface area contributed by atoms with Gasteiger partial charge in [-0.05, 0) is 58.0 Å². The van der Waals surface area contributed by atoms with Crippen LogP contribution in [0.1, 0.15) is 60.0 Å². The molecule has 2 aliphatic heterocycles. The van der Waals surface area contributed by atoms with E-state index in [1.807, 2.05) is 23.5 Å². The fourth-order valence-electron chi connectivity index (χ4n) is 4.68. The number of nitrogens with zero attached hydrogens (tertiary/aromatic N) is 2. The van der Waals surface area contributed by atoms with E-state index >= 15 is 0 Å². The second-order valence-electron chi connectivity index (χ2n) is 7.19. The molecular formula is C22H20Br2N2S2. The second kappa shape index (κ2) is 7.60. The average molecular weight is 536 g/mol. The van der Waals surface area contributed by atoms with Gasteiger partial charge in [0.05, 0.1) is 34.0 Å². The Labute approximate surface area is 191 Å². The number of aliphatic imine (C=N–C) groups is 2. The molecule has 0 fully saturated rings. The Kier molecular flexibility index (Phi) is 5.27. The lowest BCUT2D eigenvalue weighted by molar-refractivity contribution is 0.542. The highest BCUT2D eigenvalue weighted by atomic mass is 79.9. The fourth-order valence-corrected chi connectivity index (χ4v) is 7.27. The minimum atomic E-state index is 0.0942. The number of thioether (sulfide) groups is 2. The summed E-state index contributed by atoms with van der Waals surface area (Å²) in [6, 6.07) is 13.7. The first-order valence-electron chi connectivity index (χ1n) is 9.62. The lowest BCUT2D eigenvalue weighted by atomic mass is 9.70. The summed E-state index contributed by atoms with van der Waals surface area (Å²) < 4.78 is 2.26. The Balaban J connectivity index is 1.81. The zero-order valence-electron chi connectivity index (χ0n) is 15.7. The molecular weight excluding hydrogens is 516 g/mol. The average Bonchev–Trinajstić information content (AvgIpc) is 2.66. The van der Waals surface area contributed by atoms with E-state index in [9.17, 15) is 0 Å². The molecule has 5 rings (SSSR count). The van der Waals surface area contributed by atoms with Gasteiger partial charge in [0.25, 0.3) is 0 Å². The fraction of sp³-hybridized carbons (Fsp3) is 0.364. The Morgan fingerprint density at radius 1 is 0.714 bits per heavy atom. The molecule has 4 bridgehead atoms. The quantitative estimate of drug-likeness (QED) is 0.397. The van der Waals surface area contributed by atoms with Gasteiger partial charge in [-0.3, -0.25) is 9.98 Å². The van der Waals surface area contributed by atoms with Gasteiger partial charge in [0.15, 0.2) is 0 Å². The van der Waals surface area contributed by atoms with Gasteiger partial charge >= 0.3 is 0 Å². The van der Waals surface area contributed by atoms with E-state index < -0.39 is 0 Å². The van der Waals surface area contributed by atoms with E-state index in [1.54, 1.807) is 0 Å². The largest absolute Gasteiger partial charge is 0.273 e. The molecule has 0 N–H and O–H groups in total. The van der Waals surface area contributed by atoms with Crippen LogP contribution in [-0.2, 0) is 0 Å². The van der Waals surface area contributed by atoms with Crippen LogP contribution in [0.2, 0.25) is 0 Å². The summed E-state index contributed by atoms with van der Waals surface area (Å²) in [7, 11) is 0. The predicted molar refractivity (Wildman–Crippen MR) is 130 cm³/mol. The molecule has 28 heavy (non-hydrogen) atoms. The van der Waals surface area contributed by atoms with Crippen molar-refractivity contribution in [3.05, 3.63) is 67.6 Å². The van der Waals surface area contributed by atoms with Crippen LogP contribution in [0.15, 0.2) is 55.3 Å². The van der Waals surface area contributed by atoms with Gasteiger partial charge in [-0.2, -0.15) is 0 Å². The molecule has 0 unspecified atom stereocenters. The number of fused-ring (bicyclic) bond motifs is 2. The minimum absolute atomic E-state index is 0.0942. The van der Waals surface area contributed by atoms with Crippen LogP contribution in [0.5, 0.6) is 0 Å². The normalized spacial score (nSPS) is 26.9. The summed E-state index contributed by atoms with van der Waals surface area (Å²) in [5, 5.41) is 2.51. The number of halogens is 2. The number of rotatable bonds is 2. The smallest absolute Gasteiger partial charge is 0.0891 e. The monoisotopic (exact) mass is 534 g/mol. The Morgan fingerprint density at radius 3 is 1.54 bits per heavy atom. The Hall–Kier alpha value is -0.560. The number of hydrogen-bond donors (Lipinski definition) is 0. The van der Waals surface area contributed by atoms with E-state index in [2.05, 4.69) is 82.1 Å². The van der Waals surface area contributed by atoms with Crippen molar-refractivity contribution in [2.24, 2.45) is 9.98 Å². The van der Waals surface area contributed by atoms with Gasteiger partial charge in [-0.15, -0.1) is 23.5 Å². The summed E-state index contributed by atoms with van der Waals surface area (Å²) in [5.74, 6) is 2.48. The van der Waals surface area contributed by atoms with Gasteiger partial charge in [-0.1, -0.05) is 57.8 Å². The van der Waals surface area contributed by atoms with Crippen molar-refractivity contribution >= 4 is 65.5 Å². The van der Waals surface area contributed by atoms with Crippen LogP contribution < -0.4 is 0 Å². The molecule has 0 amide bonds. The summed E-state index contributed by atoms with van der Waals surface area (Å²) >= 11 is 11.2. The number of benzene rings is 2. The molecule has 0 saturated heterocycles. The third-order valence-corrected chi connectivity index (χ3v) is 8.56. The summed E-state index contributed by atoms with van der Waals surface area (Å²) in [6.07, 6.45) is 0. The summed E-state index contributed by atoms with van der Waals surface area (Å²) in [4.78, 5) is 10.7. The first kappa shape index (κ1) is 19.4. The molecule has 4 atom stereocenters. The third-order valence-electron chi connectivity index (χ3n) is 5.69. The third kappa shape index (κ3) is 2.98. The summed E-state index contributed by atoms with van der Waals surface area (Å²) in [6.45, 7) is 4.43. The molecule has 0 aromatic heterocycles. The first-order chi connectivity index (χ1) is 13.6. The lowest BCUT2D eigenvalue weighted by Gasteiger charge is -2.45. The maximum absolute atomic E-state index is 5.37. The minimum Gasteiger partial charge on any atom is -0.273 e. The van der Waals surface area contributed by atoms with Gasteiger partial charge < -0.3 is 0 Å². The molecule has 1 aliphatic carbocycles. The highest BCUT2D eigenvalue weighted by Crippen LogP contribution is 2.58. The molecule has 0 spiro atoms. The molecule has 144 valence electrons. The predicted octanol–water partition coefficient (Wildman–Crippen LogP) is 7.51. The SMILES string of the molecule is CCSC1=N[C@H]2c3cc(Br)ccc3[C@@H]1[C@@H]1N=C(SCC)[C@H]2c2ccc(Br)cc21. The molecule has 2 aromatic rings. The molecule has 3 aliphatic rings. The molecule has 2 aromatic carbocycles. The van der Waals surface area contributed by atoms with Crippen LogP contribution in [0.25, 0.3) is 0 Å². The van der Waals surface area contributed by atoms with Gasteiger partial charge in [0.2, 0.25) is 0 Å². The molecule has 2 heterocycles. The molecule has 6 heteroatoms. The van der Waals surface area contributed by atoms with Gasteiger partial charge in [0.1, 0.15) is 0 Å². The van der Waals surface area contributed by atoms with Crippen molar-refractivity contribution in [1.29, 1.82) is 0 Å². The van der Waals surface area contributed by atoms with Crippen LogP contribution in [-0.4, -0.2) is 21.6 Å². The van der Waals surface area contributed by atoms with Crippen molar-refractivity contribution in [1.82, 2.24) is 0 Å². The molecule has 0 radical (unpaired) electrons. The maximum atomic E-state index is 5.37. The van der Waals surface area contributed by atoms with Crippen molar-refractivity contribution < 1.29 is 0 Å². The zero-order chi connectivity index (χ0) is 19.4. The van der Waals surface area contributed by atoms with Crippen LogP contribution in [0.3, 0.4) is 0 Å². The van der Waals surface area contributed by atoms with Crippen LogP contribution in [0, 0.1) is 0 Å². The van der Waals surface area contributed by atoms with Crippen molar-refractivity contribution in [3.63, 3.8) is 0 Å². The second-order valence-corrected chi connectivity index (χ2v) is 11.6. The lowest BCUT2D eigenvalue weighted by Crippen LogP contribution is -2.36. The van der Waals surface area contributed by atoms with E-state index in [0.29, 0.717) is 0 Å². The Morgan fingerprint density at radius 2 is 1.14 bits per heavy atom.